The molecular weight excluding hydrogens is 510 g/mol. The number of anilines is 1. The summed E-state index contributed by atoms with van der Waals surface area (Å²) >= 11 is 0. The molecule has 3 aromatic rings. The lowest BCUT2D eigenvalue weighted by Crippen LogP contribution is -2.52. The molecule has 3 heterocycles. The fourth-order valence-electron chi connectivity index (χ4n) is 6.02. The highest BCUT2D eigenvalue weighted by Gasteiger charge is 2.57. The molecule has 2 aliphatic heterocycles. The lowest BCUT2D eigenvalue weighted by atomic mass is 10.0. The summed E-state index contributed by atoms with van der Waals surface area (Å²) in [6.07, 6.45) is -1.92. The zero-order chi connectivity index (χ0) is 25.9. The molecule has 3 fully saturated rings. The first-order chi connectivity index (χ1) is 17.6. The average Bonchev–Trinajstić information content (AvgIpc) is 3.23. The number of nitrogens with zero attached hydrogens (tertiary/aromatic N) is 5. The van der Waals surface area contributed by atoms with Crippen LogP contribution in [0, 0.1) is 17.7 Å². The van der Waals surface area contributed by atoms with Gasteiger partial charge in [0.05, 0.1) is 0 Å². The first-order valence-corrected chi connectivity index (χ1v) is 13.6. The summed E-state index contributed by atoms with van der Waals surface area (Å²) in [6, 6.07) is 10.7. The van der Waals surface area contributed by atoms with E-state index in [0.29, 0.717) is 33.4 Å². The van der Waals surface area contributed by atoms with Crippen LogP contribution in [0.1, 0.15) is 35.3 Å². The predicted molar refractivity (Wildman–Crippen MR) is 127 cm³/mol. The number of halogens is 4. The van der Waals surface area contributed by atoms with Crippen molar-refractivity contribution in [3.05, 3.63) is 78.1 Å². The fraction of sp³-hybridized carbons (Fsp3) is 0.440. The van der Waals surface area contributed by atoms with Crippen molar-refractivity contribution in [2.45, 2.75) is 42.9 Å². The molecule has 0 bridgehead atoms. The van der Waals surface area contributed by atoms with Crippen molar-refractivity contribution >= 4 is 15.7 Å². The maximum atomic E-state index is 15.2. The first kappa shape index (κ1) is 24.4. The van der Waals surface area contributed by atoms with Gasteiger partial charge in [-0.15, -0.1) is 10.2 Å². The number of fused-ring (bicyclic) bond motifs is 1. The van der Waals surface area contributed by atoms with E-state index in [4.69, 9.17) is 0 Å². The number of piperidine rings is 1. The number of hydrogen-bond acceptors (Lipinski definition) is 5. The molecule has 7 nitrogen and oxygen atoms in total. The summed E-state index contributed by atoms with van der Waals surface area (Å²) in [5, 5.41) is 6.58. The second kappa shape index (κ2) is 8.80. The minimum absolute atomic E-state index is 0.0815. The van der Waals surface area contributed by atoms with Crippen LogP contribution in [0.3, 0.4) is 0 Å². The summed E-state index contributed by atoms with van der Waals surface area (Å²) in [5.41, 5.74) is 0.982. The third kappa shape index (κ3) is 4.29. The van der Waals surface area contributed by atoms with E-state index in [1.807, 2.05) is 9.47 Å². The molecular formula is C25H25F4N5O2S. The molecule has 1 aliphatic carbocycles. The van der Waals surface area contributed by atoms with E-state index >= 15 is 4.39 Å². The van der Waals surface area contributed by atoms with Gasteiger partial charge in [0, 0.05) is 48.8 Å². The van der Waals surface area contributed by atoms with Gasteiger partial charge in [-0.25, -0.2) is 12.8 Å². The summed E-state index contributed by atoms with van der Waals surface area (Å²) in [4.78, 5) is 2.05. The topological polar surface area (TPSA) is 71.3 Å². The third-order valence-corrected chi connectivity index (χ3v) is 10.2. The first-order valence-electron chi connectivity index (χ1n) is 12.1. The molecule has 196 valence electrons. The third-order valence-electron chi connectivity index (χ3n) is 7.94. The van der Waals surface area contributed by atoms with E-state index in [-0.39, 0.29) is 18.4 Å². The van der Waals surface area contributed by atoms with Gasteiger partial charge in [-0.2, -0.15) is 17.5 Å². The molecule has 1 aromatic heterocycles. The van der Waals surface area contributed by atoms with Crippen molar-refractivity contribution < 1.29 is 26.0 Å². The Balaban J connectivity index is 1.22. The van der Waals surface area contributed by atoms with E-state index in [0.717, 1.165) is 13.1 Å². The van der Waals surface area contributed by atoms with Crippen LogP contribution in [0.15, 0.2) is 61.2 Å². The zero-order valence-electron chi connectivity index (χ0n) is 19.7. The average molecular weight is 536 g/mol. The lowest BCUT2D eigenvalue weighted by Gasteiger charge is -2.39. The highest BCUT2D eigenvalue weighted by molar-refractivity contribution is 7.89. The van der Waals surface area contributed by atoms with Crippen molar-refractivity contribution in [2.75, 3.05) is 18.0 Å². The van der Waals surface area contributed by atoms with Crippen LogP contribution in [0.25, 0.3) is 0 Å². The van der Waals surface area contributed by atoms with Crippen LogP contribution in [-0.2, 0) is 16.6 Å². The predicted octanol–water partition coefficient (Wildman–Crippen LogP) is 4.32. The number of sulfonamides is 1. The number of benzene rings is 2. The lowest BCUT2D eigenvalue weighted by molar-refractivity contribution is -0.176. The largest absolute Gasteiger partial charge is 0.405 e. The Labute approximate surface area is 211 Å². The molecule has 1 unspecified atom stereocenters. The van der Waals surface area contributed by atoms with Gasteiger partial charge >= 0.3 is 6.18 Å². The Morgan fingerprint density at radius 1 is 0.946 bits per heavy atom. The molecule has 6 rings (SSSR count). The SMILES string of the molecule is O=S1(=O)[C@@H](c2ccccc2)CC[C@H](C(F)(F)F)N1Cc1ccc(N2C[C@@H]3C(n4cnnc4)[C@@H]3C2)cc1F. The molecule has 0 N–H and O–H groups in total. The van der Waals surface area contributed by atoms with E-state index in [9.17, 15) is 21.6 Å². The van der Waals surface area contributed by atoms with Crippen molar-refractivity contribution in [1.82, 2.24) is 19.1 Å². The summed E-state index contributed by atoms with van der Waals surface area (Å²) in [6.45, 7) is 0.770. The number of alkyl halides is 3. The summed E-state index contributed by atoms with van der Waals surface area (Å²) in [7, 11) is -4.40. The zero-order valence-corrected chi connectivity index (χ0v) is 20.5. The monoisotopic (exact) mass is 535 g/mol. The van der Waals surface area contributed by atoms with Gasteiger partial charge < -0.3 is 9.47 Å². The van der Waals surface area contributed by atoms with Gasteiger partial charge in [-0.3, -0.25) is 0 Å². The molecule has 3 aliphatic rings. The van der Waals surface area contributed by atoms with Crippen LogP contribution in [0.4, 0.5) is 23.2 Å². The Morgan fingerprint density at radius 3 is 2.24 bits per heavy atom. The summed E-state index contributed by atoms with van der Waals surface area (Å²) < 4.78 is 86.2. The maximum absolute atomic E-state index is 15.2. The van der Waals surface area contributed by atoms with Gasteiger partial charge in [-0.05, 0) is 30.5 Å². The van der Waals surface area contributed by atoms with E-state index in [2.05, 4.69) is 10.2 Å². The van der Waals surface area contributed by atoms with E-state index in [1.165, 1.54) is 12.1 Å². The standard InChI is InChI=1S/C25H25F4N5O2S/c26-21-10-18(32-12-19-20(13-32)24(19)33-14-30-31-15-33)7-6-17(21)11-34-23(25(27,28)29)9-8-22(37(34,35)36)16-4-2-1-3-5-16/h1-7,10,14-15,19-20,22-24H,8-9,11-13H2/t19-,20+,22-,23-,24?/m1/s1. The quantitative estimate of drug-likeness (QED) is 0.455. The van der Waals surface area contributed by atoms with Crippen molar-refractivity contribution in [2.24, 2.45) is 11.8 Å². The number of hydrogen-bond donors (Lipinski definition) is 0. The van der Waals surface area contributed by atoms with E-state index in [1.54, 1.807) is 49.1 Å². The van der Waals surface area contributed by atoms with Crippen molar-refractivity contribution in [3.63, 3.8) is 0 Å². The highest BCUT2D eigenvalue weighted by Crippen LogP contribution is 2.55. The Morgan fingerprint density at radius 2 is 1.62 bits per heavy atom. The fourth-order valence-corrected chi connectivity index (χ4v) is 8.18. The number of aromatic nitrogens is 3. The van der Waals surface area contributed by atoms with Crippen molar-refractivity contribution in [3.8, 4) is 0 Å². The Kier molecular flexibility index (Phi) is 5.79. The second-order valence-corrected chi connectivity index (χ2v) is 12.1. The Hall–Kier alpha value is -2.99. The second-order valence-electron chi connectivity index (χ2n) is 10.0. The summed E-state index contributed by atoms with van der Waals surface area (Å²) in [5.74, 6) is 0.0887. The molecule has 12 heteroatoms. The minimum atomic E-state index is -4.76. The van der Waals surface area contributed by atoms with Crippen LogP contribution in [0.5, 0.6) is 0 Å². The molecule has 5 atom stereocenters. The van der Waals surface area contributed by atoms with Gasteiger partial charge in [-0.1, -0.05) is 36.4 Å². The smallest absolute Gasteiger partial charge is 0.371 e. The Bertz CT molecular complexity index is 1370. The van der Waals surface area contributed by atoms with Crippen molar-refractivity contribution in [1.29, 1.82) is 0 Å². The number of rotatable bonds is 5. The normalized spacial score (nSPS) is 29.3. The maximum Gasteiger partial charge on any atom is 0.405 e. The van der Waals surface area contributed by atoms with Gasteiger partial charge in [0.2, 0.25) is 10.0 Å². The van der Waals surface area contributed by atoms with Crippen LogP contribution in [-0.4, -0.2) is 52.8 Å². The molecule has 2 aromatic carbocycles. The van der Waals surface area contributed by atoms with Gasteiger partial charge in [0.15, 0.2) is 0 Å². The van der Waals surface area contributed by atoms with Crippen LogP contribution in [0.2, 0.25) is 0 Å². The van der Waals surface area contributed by atoms with E-state index < -0.39 is 39.9 Å². The molecule has 1 saturated carbocycles. The molecule has 0 spiro atoms. The molecule has 2 saturated heterocycles. The van der Waals surface area contributed by atoms with Crippen LogP contribution < -0.4 is 4.90 Å². The van der Waals surface area contributed by atoms with Gasteiger partial charge in [0.25, 0.3) is 0 Å². The van der Waals surface area contributed by atoms with Gasteiger partial charge in [0.1, 0.15) is 29.8 Å². The van der Waals surface area contributed by atoms with Crippen LogP contribution >= 0.6 is 0 Å². The molecule has 0 amide bonds. The minimum Gasteiger partial charge on any atom is -0.371 e. The highest BCUT2D eigenvalue weighted by atomic mass is 32.2. The molecule has 0 radical (unpaired) electrons. The molecule has 37 heavy (non-hydrogen) atoms.